The standard InChI is InChI=1S/C25H32N4O3S/c1-18-7-6-8-19(17-18)23(30)28-22(13-16-33-2)24(31)26-21-11-14-29(15-12-21)25(32)27-20-9-4-3-5-10-20/h3-10,17,21-22H,11-16H2,1-2H3,(H,26,31)(H,27,32)(H,28,30). The highest BCUT2D eigenvalue weighted by atomic mass is 32.2. The van der Waals surface area contributed by atoms with Gasteiger partial charge in [-0.1, -0.05) is 35.9 Å². The van der Waals surface area contributed by atoms with Crippen LogP contribution in [0.15, 0.2) is 54.6 Å². The van der Waals surface area contributed by atoms with E-state index in [2.05, 4.69) is 16.0 Å². The Hall–Kier alpha value is -3.00. The number of nitrogens with one attached hydrogen (secondary N) is 3. The fraction of sp³-hybridized carbons (Fsp3) is 0.400. The van der Waals surface area contributed by atoms with E-state index in [0.29, 0.717) is 37.9 Å². The summed E-state index contributed by atoms with van der Waals surface area (Å²) in [5.74, 6) is 0.356. The number of carbonyl (C=O) groups is 3. The molecule has 0 spiro atoms. The number of aryl methyl sites for hydroxylation is 1. The monoisotopic (exact) mass is 468 g/mol. The van der Waals surface area contributed by atoms with Crippen LogP contribution < -0.4 is 16.0 Å². The number of hydrogen-bond donors (Lipinski definition) is 3. The normalized spacial score (nSPS) is 14.9. The fourth-order valence-electron chi connectivity index (χ4n) is 3.79. The summed E-state index contributed by atoms with van der Waals surface area (Å²) in [5, 5.41) is 8.88. The number of nitrogens with zero attached hydrogens (tertiary/aromatic N) is 1. The highest BCUT2D eigenvalue weighted by Gasteiger charge is 2.27. The van der Waals surface area contributed by atoms with Gasteiger partial charge in [0.05, 0.1) is 0 Å². The van der Waals surface area contributed by atoms with Gasteiger partial charge in [-0.3, -0.25) is 9.59 Å². The molecular weight excluding hydrogens is 436 g/mol. The van der Waals surface area contributed by atoms with Crippen LogP contribution in [-0.2, 0) is 4.79 Å². The van der Waals surface area contributed by atoms with Crippen molar-refractivity contribution in [1.82, 2.24) is 15.5 Å². The van der Waals surface area contributed by atoms with E-state index >= 15 is 0 Å². The first-order valence-corrected chi connectivity index (χ1v) is 12.6. The Morgan fingerprint density at radius 2 is 1.79 bits per heavy atom. The number of hydrogen-bond acceptors (Lipinski definition) is 4. The molecule has 7 nitrogen and oxygen atoms in total. The van der Waals surface area contributed by atoms with Crippen LogP contribution in [-0.4, -0.2) is 59.9 Å². The molecule has 0 saturated carbocycles. The number of urea groups is 1. The summed E-state index contributed by atoms with van der Waals surface area (Å²) in [6, 6.07) is 16.0. The van der Waals surface area contributed by atoms with E-state index in [-0.39, 0.29) is 23.9 Å². The van der Waals surface area contributed by atoms with Crippen LogP contribution in [0.4, 0.5) is 10.5 Å². The van der Waals surface area contributed by atoms with Crippen molar-refractivity contribution >= 4 is 35.3 Å². The van der Waals surface area contributed by atoms with Crippen LogP contribution in [0.2, 0.25) is 0 Å². The molecule has 4 amide bonds. The van der Waals surface area contributed by atoms with Crippen molar-refractivity contribution in [2.24, 2.45) is 0 Å². The number of carbonyl (C=O) groups excluding carboxylic acids is 3. The highest BCUT2D eigenvalue weighted by Crippen LogP contribution is 2.14. The SMILES string of the molecule is CSCCC(NC(=O)c1cccc(C)c1)C(=O)NC1CCN(C(=O)Nc2ccccc2)CC1. The Morgan fingerprint density at radius 3 is 2.45 bits per heavy atom. The molecule has 3 rings (SSSR count). The Morgan fingerprint density at radius 1 is 1.06 bits per heavy atom. The second-order valence-corrected chi connectivity index (χ2v) is 9.23. The first kappa shape index (κ1) is 24.6. The van der Waals surface area contributed by atoms with Gasteiger partial charge in [-0.25, -0.2) is 4.79 Å². The zero-order valence-corrected chi connectivity index (χ0v) is 20.0. The van der Waals surface area contributed by atoms with Crippen LogP contribution in [0.5, 0.6) is 0 Å². The zero-order valence-electron chi connectivity index (χ0n) is 19.2. The number of piperidine rings is 1. The van der Waals surface area contributed by atoms with E-state index in [1.165, 1.54) is 0 Å². The highest BCUT2D eigenvalue weighted by molar-refractivity contribution is 7.98. The third kappa shape index (κ3) is 7.53. The fourth-order valence-corrected chi connectivity index (χ4v) is 4.26. The zero-order chi connectivity index (χ0) is 23.6. The molecule has 0 radical (unpaired) electrons. The lowest BCUT2D eigenvalue weighted by molar-refractivity contribution is -0.124. The average molecular weight is 469 g/mol. The average Bonchev–Trinajstić information content (AvgIpc) is 2.82. The van der Waals surface area contributed by atoms with Crippen molar-refractivity contribution in [3.63, 3.8) is 0 Å². The summed E-state index contributed by atoms with van der Waals surface area (Å²) in [7, 11) is 0. The van der Waals surface area contributed by atoms with Gasteiger partial charge in [0.1, 0.15) is 6.04 Å². The third-order valence-electron chi connectivity index (χ3n) is 5.67. The maximum Gasteiger partial charge on any atom is 0.321 e. The molecule has 3 N–H and O–H groups in total. The van der Waals surface area contributed by atoms with Crippen molar-refractivity contribution in [2.75, 3.05) is 30.4 Å². The molecule has 0 aliphatic carbocycles. The number of rotatable bonds is 8. The van der Waals surface area contributed by atoms with Crippen molar-refractivity contribution in [3.05, 3.63) is 65.7 Å². The van der Waals surface area contributed by atoms with Gasteiger partial charge in [-0.05, 0) is 62.5 Å². The summed E-state index contributed by atoms with van der Waals surface area (Å²) in [5.41, 5.74) is 2.31. The summed E-state index contributed by atoms with van der Waals surface area (Å²) in [6.07, 6.45) is 3.89. The van der Waals surface area contributed by atoms with Gasteiger partial charge >= 0.3 is 6.03 Å². The van der Waals surface area contributed by atoms with Crippen molar-refractivity contribution < 1.29 is 14.4 Å². The second-order valence-electron chi connectivity index (χ2n) is 8.24. The van der Waals surface area contributed by atoms with Gasteiger partial charge in [-0.15, -0.1) is 0 Å². The molecule has 8 heteroatoms. The third-order valence-corrected chi connectivity index (χ3v) is 6.31. The van der Waals surface area contributed by atoms with E-state index in [4.69, 9.17) is 0 Å². The van der Waals surface area contributed by atoms with Crippen LogP contribution in [0.25, 0.3) is 0 Å². The largest absolute Gasteiger partial charge is 0.351 e. The molecule has 2 aromatic rings. The molecule has 176 valence electrons. The molecule has 1 saturated heterocycles. The molecule has 33 heavy (non-hydrogen) atoms. The first-order valence-electron chi connectivity index (χ1n) is 11.2. The maximum absolute atomic E-state index is 13.0. The van der Waals surface area contributed by atoms with Gasteiger partial charge < -0.3 is 20.9 Å². The second kappa shape index (κ2) is 12.3. The van der Waals surface area contributed by atoms with E-state index in [1.807, 2.05) is 61.7 Å². The molecule has 1 heterocycles. The lowest BCUT2D eigenvalue weighted by Gasteiger charge is -2.33. The molecule has 1 aliphatic heterocycles. The van der Waals surface area contributed by atoms with E-state index in [1.54, 1.807) is 22.7 Å². The number of thioether (sulfide) groups is 1. The van der Waals surface area contributed by atoms with Gasteiger partial charge in [-0.2, -0.15) is 11.8 Å². The number of anilines is 1. The summed E-state index contributed by atoms with van der Waals surface area (Å²) in [4.78, 5) is 39.9. The van der Waals surface area contributed by atoms with Crippen molar-refractivity contribution in [3.8, 4) is 0 Å². The smallest absolute Gasteiger partial charge is 0.321 e. The summed E-state index contributed by atoms with van der Waals surface area (Å²) < 4.78 is 0. The quantitative estimate of drug-likeness (QED) is 0.552. The molecule has 1 aliphatic rings. The van der Waals surface area contributed by atoms with Gasteiger partial charge in [0.15, 0.2) is 0 Å². The molecule has 0 bridgehead atoms. The van der Waals surface area contributed by atoms with Gasteiger partial charge in [0.25, 0.3) is 5.91 Å². The molecule has 1 unspecified atom stereocenters. The van der Waals surface area contributed by atoms with Gasteiger partial charge in [0, 0.05) is 30.4 Å². The van der Waals surface area contributed by atoms with Crippen LogP contribution in [0, 0.1) is 6.92 Å². The Bertz CT molecular complexity index is 946. The number of benzene rings is 2. The van der Waals surface area contributed by atoms with E-state index in [0.717, 1.165) is 17.0 Å². The Kier molecular flexibility index (Phi) is 9.18. The molecule has 2 aromatic carbocycles. The maximum atomic E-state index is 13.0. The predicted octanol–water partition coefficient (Wildman–Crippen LogP) is 3.66. The van der Waals surface area contributed by atoms with Crippen LogP contribution in [0.3, 0.4) is 0 Å². The number of amides is 4. The van der Waals surface area contributed by atoms with Gasteiger partial charge in [0.2, 0.25) is 5.91 Å². The molecule has 1 atom stereocenters. The van der Waals surface area contributed by atoms with Crippen LogP contribution >= 0.6 is 11.8 Å². The predicted molar refractivity (Wildman–Crippen MR) is 134 cm³/mol. The minimum Gasteiger partial charge on any atom is -0.351 e. The minimum atomic E-state index is -0.593. The number of para-hydroxylation sites is 1. The molecule has 0 aromatic heterocycles. The minimum absolute atomic E-state index is 0.0223. The lowest BCUT2D eigenvalue weighted by Crippen LogP contribution is -2.53. The van der Waals surface area contributed by atoms with Crippen molar-refractivity contribution in [1.29, 1.82) is 0 Å². The van der Waals surface area contributed by atoms with Crippen LogP contribution in [0.1, 0.15) is 35.2 Å². The topological polar surface area (TPSA) is 90.5 Å². The van der Waals surface area contributed by atoms with E-state index < -0.39 is 6.04 Å². The summed E-state index contributed by atoms with van der Waals surface area (Å²) >= 11 is 1.64. The Labute approximate surface area is 199 Å². The molecular formula is C25H32N4O3S. The molecule has 1 fully saturated rings. The van der Waals surface area contributed by atoms with Crippen molar-refractivity contribution in [2.45, 2.75) is 38.3 Å². The Balaban J connectivity index is 1.51. The summed E-state index contributed by atoms with van der Waals surface area (Å²) in [6.45, 7) is 3.06. The lowest BCUT2D eigenvalue weighted by atomic mass is 10.0. The number of likely N-dealkylation sites (tertiary alicyclic amines) is 1. The first-order chi connectivity index (χ1) is 16.0. The van der Waals surface area contributed by atoms with E-state index in [9.17, 15) is 14.4 Å².